The Bertz CT molecular complexity index is 659. The van der Waals surface area contributed by atoms with Crippen molar-refractivity contribution >= 4 is 39.1 Å². The molecule has 0 aliphatic carbocycles. The molecule has 0 bridgehead atoms. The van der Waals surface area contributed by atoms with E-state index in [9.17, 15) is 4.79 Å². The number of rotatable bonds is 3. The van der Waals surface area contributed by atoms with Crippen molar-refractivity contribution < 1.29 is 9.53 Å². The summed E-state index contributed by atoms with van der Waals surface area (Å²) >= 11 is 3.46. The molecular weight excluding hydrogens is 322 g/mol. The highest BCUT2D eigenvalue weighted by molar-refractivity contribution is 9.10. The zero-order chi connectivity index (χ0) is 14.7. The number of aromatic nitrogens is 1. The molecule has 0 amide bonds. The average Bonchev–Trinajstić information content (AvgIpc) is 2.44. The largest absolute Gasteiger partial charge is 0.465 e. The van der Waals surface area contributed by atoms with Gasteiger partial charge < -0.3 is 15.8 Å². The summed E-state index contributed by atoms with van der Waals surface area (Å²) in [5, 5.41) is 3.13. The fourth-order valence-corrected chi connectivity index (χ4v) is 2.08. The molecule has 2 aromatic rings. The van der Waals surface area contributed by atoms with Gasteiger partial charge in [0.05, 0.1) is 19.0 Å². The minimum atomic E-state index is -0.486. The smallest absolute Gasteiger partial charge is 0.341 e. The molecule has 0 aliphatic heterocycles. The number of carbonyl (C=O) groups excluding carboxylic acids is 1. The lowest BCUT2D eigenvalue weighted by Gasteiger charge is -2.13. The van der Waals surface area contributed by atoms with Gasteiger partial charge in [0.2, 0.25) is 0 Å². The third-order valence-electron chi connectivity index (χ3n) is 2.83. The number of carbonyl (C=O) groups is 1. The Hall–Kier alpha value is -2.08. The summed E-state index contributed by atoms with van der Waals surface area (Å²) in [6.07, 6.45) is 1.49. The zero-order valence-electron chi connectivity index (χ0n) is 11.1. The van der Waals surface area contributed by atoms with Gasteiger partial charge >= 0.3 is 5.97 Å². The van der Waals surface area contributed by atoms with E-state index in [1.807, 2.05) is 25.1 Å². The third-order valence-corrected chi connectivity index (χ3v) is 3.69. The van der Waals surface area contributed by atoms with Crippen LogP contribution in [0.4, 0.5) is 17.2 Å². The molecular formula is C14H14BrN3O2. The van der Waals surface area contributed by atoms with Gasteiger partial charge in [0.1, 0.15) is 11.4 Å². The number of nitrogens with two attached hydrogens (primary N) is 1. The minimum Gasteiger partial charge on any atom is -0.465 e. The number of anilines is 3. The standard InChI is InChI=1S/C14H14BrN3O2/c1-8-11(15)4-3-5-12(8)18-13-10(14(19)20-2)6-9(16)7-17-13/h3-7H,16H2,1-2H3,(H,17,18). The maximum Gasteiger partial charge on any atom is 0.341 e. The molecule has 0 atom stereocenters. The fraction of sp³-hybridized carbons (Fsp3) is 0.143. The van der Waals surface area contributed by atoms with Crippen LogP contribution in [0.3, 0.4) is 0 Å². The van der Waals surface area contributed by atoms with Crippen molar-refractivity contribution in [3.05, 3.63) is 46.1 Å². The molecule has 1 aromatic carbocycles. The maximum absolute atomic E-state index is 11.8. The number of nitrogen functional groups attached to an aromatic ring is 1. The molecule has 20 heavy (non-hydrogen) atoms. The van der Waals surface area contributed by atoms with E-state index in [0.717, 1.165) is 15.7 Å². The number of nitrogens with zero attached hydrogens (tertiary/aromatic N) is 1. The highest BCUT2D eigenvalue weighted by Gasteiger charge is 2.15. The fourth-order valence-electron chi connectivity index (χ4n) is 1.72. The Morgan fingerprint density at radius 1 is 1.45 bits per heavy atom. The van der Waals surface area contributed by atoms with E-state index >= 15 is 0 Å². The molecule has 6 heteroatoms. The number of benzene rings is 1. The number of hydrogen-bond acceptors (Lipinski definition) is 5. The van der Waals surface area contributed by atoms with E-state index in [1.165, 1.54) is 19.4 Å². The summed E-state index contributed by atoms with van der Waals surface area (Å²) in [5.41, 5.74) is 8.23. The molecule has 3 N–H and O–H groups in total. The highest BCUT2D eigenvalue weighted by Crippen LogP contribution is 2.27. The third kappa shape index (κ3) is 2.91. The first-order valence-corrected chi connectivity index (χ1v) is 6.68. The second-order valence-electron chi connectivity index (χ2n) is 4.19. The number of ether oxygens (including phenoxy) is 1. The number of esters is 1. The van der Waals surface area contributed by atoms with Crippen LogP contribution in [0.2, 0.25) is 0 Å². The van der Waals surface area contributed by atoms with Crippen LogP contribution >= 0.6 is 15.9 Å². The van der Waals surface area contributed by atoms with Crippen molar-refractivity contribution in [3.63, 3.8) is 0 Å². The second kappa shape index (κ2) is 5.92. The first-order valence-electron chi connectivity index (χ1n) is 5.89. The van der Waals surface area contributed by atoms with E-state index in [2.05, 4.69) is 26.2 Å². The van der Waals surface area contributed by atoms with Gasteiger partial charge in [-0.25, -0.2) is 9.78 Å². The first-order chi connectivity index (χ1) is 9.52. The number of hydrogen-bond donors (Lipinski definition) is 2. The Morgan fingerprint density at radius 2 is 2.20 bits per heavy atom. The highest BCUT2D eigenvalue weighted by atomic mass is 79.9. The van der Waals surface area contributed by atoms with Crippen LogP contribution in [0.15, 0.2) is 34.9 Å². The molecule has 2 rings (SSSR count). The van der Waals surface area contributed by atoms with Crippen LogP contribution in [0.5, 0.6) is 0 Å². The van der Waals surface area contributed by atoms with E-state index in [1.54, 1.807) is 0 Å². The quantitative estimate of drug-likeness (QED) is 0.842. The van der Waals surface area contributed by atoms with Crippen molar-refractivity contribution in [2.45, 2.75) is 6.92 Å². The predicted molar refractivity (Wildman–Crippen MR) is 82.2 cm³/mol. The van der Waals surface area contributed by atoms with Crippen LogP contribution in [-0.2, 0) is 4.74 Å². The minimum absolute atomic E-state index is 0.298. The van der Waals surface area contributed by atoms with Gasteiger partial charge in [0.25, 0.3) is 0 Å². The topological polar surface area (TPSA) is 77.2 Å². The van der Waals surface area contributed by atoms with Crippen molar-refractivity contribution in [3.8, 4) is 0 Å². The van der Waals surface area contributed by atoms with Gasteiger partial charge in [-0.1, -0.05) is 22.0 Å². The Balaban J connectivity index is 2.43. The van der Waals surface area contributed by atoms with E-state index in [0.29, 0.717) is 17.1 Å². The van der Waals surface area contributed by atoms with Crippen LogP contribution in [0, 0.1) is 6.92 Å². The molecule has 104 valence electrons. The summed E-state index contributed by atoms with van der Waals surface area (Å²) in [7, 11) is 1.32. The normalized spacial score (nSPS) is 10.2. The second-order valence-corrected chi connectivity index (χ2v) is 5.05. The van der Waals surface area contributed by atoms with Gasteiger partial charge in [-0.05, 0) is 30.7 Å². The molecule has 5 nitrogen and oxygen atoms in total. The van der Waals surface area contributed by atoms with Crippen LogP contribution in [-0.4, -0.2) is 18.1 Å². The molecule has 1 heterocycles. The van der Waals surface area contributed by atoms with Gasteiger partial charge in [0.15, 0.2) is 0 Å². The lowest BCUT2D eigenvalue weighted by molar-refractivity contribution is 0.0601. The van der Waals surface area contributed by atoms with Crippen molar-refractivity contribution in [2.24, 2.45) is 0 Å². The summed E-state index contributed by atoms with van der Waals surface area (Å²) in [4.78, 5) is 15.9. The molecule has 0 saturated heterocycles. The first kappa shape index (κ1) is 14.3. The predicted octanol–water partition coefficient (Wildman–Crippen LogP) is 3.26. The van der Waals surface area contributed by atoms with Crippen LogP contribution < -0.4 is 11.1 Å². The van der Waals surface area contributed by atoms with E-state index < -0.39 is 5.97 Å². The molecule has 1 aromatic heterocycles. The van der Waals surface area contributed by atoms with Gasteiger partial charge in [-0.15, -0.1) is 0 Å². The summed E-state index contributed by atoms with van der Waals surface area (Å²) in [6, 6.07) is 7.28. The number of pyridine rings is 1. The van der Waals surface area contributed by atoms with E-state index in [4.69, 9.17) is 10.5 Å². The molecule has 0 saturated carbocycles. The lowest BCUT2D eigenvalue weighted by atomic mass is 10.2. The molecule has 0 unspecified atom stereocenters. The monoisotopic (exact) mass is 335 g/mol. The molecule has 0 fully saturated rings. The number of methoxy groups -OCH3 is 1. The lowest BCUT2D eigenvalue weighted by Crippen LogP contribution is -2.09. The van der Waals surface area contributed by atoms with Gasteiger partial charge in [-0.2, -0.15) is 0 Å². The average molecular weight is 336 g/mol. The number of nitrogens with one attached hydrogen (secondary N) is 1. The Morgan fingerprint density at radius 3 is 2.90 bits per heavy atom. The van der Waals surface area contributed by atoms with Crippen molar-refractivity contribution in [2.75, 3.05) is 18.2 Å². The molecule has 0 radical (unpaired) electrons. The zero-order valence-corrected chi connectivity index (χ0v) is 12.7. The van der Waals surface area contributed by atoms with Crippen LogP contribution in [0.1, 0.15) is 15.9 Å². The Kier molecular flexibility index (Phi) is 4.24. The maximum atomic E-state index is 11.8. The molecule has 0 spiro atoms. The Labute approximate surface area is 125 Å². The number of halogens is 1. The summed E-state index contributed by atoms with van der Waals surface area (Å²) in [6.45, 7) is 1.96. The van der Waals surface area contributed by atoms with E-state index in [-0.39, 0.29) is 0 Å². The van der Waals surface area contributed by atoms with Gasteiger partial charge in [-0.3, -0.25) is 0 Å². The SMILES string of the molecule is COC(=O)c1cc(N)cnc1Nc1cccc(Br)c1C. The van der Waals surface area contributed by atoms with Crippen molar-refractivity contribution in [1.82, 2.24) is 4.98 Å². The van der Waals surface area contributed by atoms with Gasteiger partial charge in [0, 0.05) is 10.2 Å². The molecule has 0 aliphatic rings. The van der Waals surface area contributed by atoms with Crippen molar-refractivity contribution in [1.29, 1.82) is 0 Å². The summed E-state index contributed by atoms with van der Waals surface area (Å²) in [5.74, 6) is -0.0767. The van der Waals surface area contributed by atoms with Crippen LogP contribution in [0.25, 0.3) is 0 Å². The summed E-state index contributed by atoms with van der Waals surface area (Å²) < 4.78 is 5.71.